The predicted molar refractivity (Wildman–Crippen MR) is 80.9 cm³/mol. The van der Waals surface area contributed by atoms with E-state index in [0.717, 1.165) is 17.0 Å². The van der Waals surface area contributed by atoms with Gasteiger partial charge >= 0.3 is 0 Å². The van der Waals surface area contributed by atoms with Crippen LogP contribution in [-0.4, -0.2) is 19.6 Å². The lowest BCUT2D eigenvalue weighted by molar-refractivity contribution is -0.123. The first-order valence-electron chi connectivity index (χ1n) is 6.43. The van der Waals surface area contributed by atoms with Gasteiger partial charge in [0.25, 0.3) is 5.91 Å². The molecular formula is C15H18N2O2S. The van der Waals surface area contributed by atoms with E-state index in [1.165, 1.54) is 0 Å². The molecule has 0 saturated carbocycles. The molecule has 0 spiro atoms. The van der Waals surface area contributed by atoms with E-state index in [4.69, 9.17) is 4.74 Å². The van der Waals surface area contributed by atoms with Crippen molar-refractivity contribution in [3.05, 3.63) is 52.2 Å². The summed E-state index contributed by atoms with van der Waals surface area (Å²) < 4.78 is 5.49. The molecule has 0 bridgehead atoms. The largest absolute Gasteiger partial charge is 0.484 e. The molecule has 2 N–H and O–H groups in total. The van der Waals surface area contributed by atoms with Crippen LogP contribution in [0.1, 0.15) is 10.4 Å². The highest BCUT2D eigenvalue weighted by molar-refractivity contribution is 7.09. The SMILES string of the molecule is CNCc1cccc(OCC(=O)NCc2cccs2)c1. The van der Waals surface area contributed by atoms with E-state index < -0.39 is 0 Å². The van der Waals surface area contributed by atoms with Crippen molar-refractivity contribution in [1.82, 2.24) is 10.6 Å². The summed E-state index contributed by atoms with van der Waals surface area (Å²) in [7, 11) is 1.89. The third-order valence-electron chi connectivity index (χ3n) is 2.69. The summed E-state index contributed by atoms with van der Waals surface area (Å²) >= 11 is 1.62. The van der Waals surface area contributed by atoms with Crippen molar-refractivity contribution >= 4 is 17.2 Å². The Balaban J connectivity index is 1.76. The maximum absolute atomic E-state index is 11.7. The summed E-state index contributed by atoms with van der Waals surface area (Å²) in [5, 5.41) is 7.90. The van der Waals surface area contributed by atoms with Gasteiger partial charge in [-0.25, -0.2) is 0 Å². The number of hydrogen-bond donors (Lipinski definition) is 2. The smallest absolute Gasteiger partial charge is 0.258 e. The normalized spacial score (nSPS) is 10.2. The van der Waals surface area contributed by atoms with Crippen molar-refractivity contribution in [3.8, 4) is 5.75 Å². The average molecular weight is 290 g/mol. The predicted octanol–water partition coefficient (Wildman–Crippen LogP) is 2.16. The first kappa shape index (κ1) is 14.6. The molecule has 1 amide bonds. The number of rotatable bonds is 7. The van der Waals surface area contributed by atoms with Crippen LogP contribution < -0.4 is 15.4 Å². The van der Waals surface area contributed by atoms with Gasteiger partial charge in [0, 0.05) is 11.4 Å². The van der Waals surface area contributed by atoms with Gasteiger partial charge < -0.3 is 15.4 Å². The highest BCUT2D eigenvalue weighted by atomic mass is 32.1. The number of benzene rings is 1. The fraction of sp³-hybridized carbons (Fsp3) is 0.267. The molecule has 1 heterocycles. The Morgan fingerprint density at radius 1 is 1.25 bits per heavy atom. The Morgan fingerprint density at radius 2 is 2.15 bits per heavy atom. The molecule has 2 rings (SSSR count). The van der Waals surface area contributed by atoms with E-state index >= 15 is 0 Å². The molecule has 5 heteroatoms. The third-order valence-corrected chi connectivity index (χ3v) is 3.57. The van der Waals surface area contributed by atoms with Crippen molar-refractivity contribution in [2.24, 2.45) is 0 Å². The van der Waals surface area contributed by atoms with Gasteiger partial charge in [-0.1, -0.05) is 18.2 Å². The van der Waals surface area contributed by atoms with Crippen molar-refractivity contribution < 1.29 is 9.53 Å². The second-order valence-corrected chi connectivity index (χ2v) is 5.35. The highest BCUT2D eigenvalue weighted by Gasteiger charge is 2.03. The Kier molecular flexibility index (Phi) is 5.58. The Hall–Kier alpha value is -1.85. The van der Waals surface area contributed by atoms with Crippen LogP contribution in [0.3, 0.4) is 0 Å². The van der Waals surface area contributed by atoms with Crippen LogP contribution in [0.4, 0.5) is 0 Å². The molecule has 0 aliphatic heterocycles. The maximum Gasteiger partial charge on any atom is 0.258 e. The molecule has 20 heavy (non-hydrogen) atoms. The zero-order valence-corrected chi connectivity index (χ0v) is 12.2. The number of thiophene rings is 1. The average Bonchev–Trinajstić information content (AvgIpc) is 2.97. The minimum absolute atomic E-state index is 0.0361. The second kappa shape index (κ2) is 7.67. The van der Waals surface area contributed by atoms with Crippen molar-refractivity contribution in [2.75, 3.05) is 13.7 Å². The van der Waals surface area contributed by atoms with E-state index in [1.54, 1.807) is 11.3 Å². The summed E-state index contributed by atoms with van der Waals surface area (Å²) in [6.07, 6.45) is 0. The second-order valence-electron chi connectivity index (χ2n) is 4.32. The topological polar surface area (TPSA) is 50.4 Å². The summed E-state index contributed by atoms with van der Waals surface area (Å²) in [5.41, 5.74) is 1.13. The molecular weight excluding hydrogens is 272 g/mol. The van der Waals surface area contributed by atoms with Crippen LogP contribution in [0.15, 0.2) is 41.8 Å². The lowest BCUT2D eigenvalue weighted by Gasteiger charge is -2.08. The first-order chi connectivity index (χ1) is 9.78. The van der Waals surface area contributed by atoms with E-state index in [0.29, 0.717) is 12.3 Å². The molecule has 0 fully saturated rings. The molecule has 0 saturated heterocycles. The Bertz CT molecular complexity index is 541. The van der Waals surface area contributed by atoms with Crippen LogP contribution in [0.25, 0.3) is 0 Å². The van der Waals surface area contributed by atoms with E-state index in [2.05, 4.69) is 10.6 Å². The monoisotopic (exact) mass is 290 g/mol. The number of amides is 1. The molecule has 0 aliphatic carbocycles. The lowest BCUT2D eigenvalue weighted by Crippen LogP contribution is -2.28. The van der Waals surface area contributed by atoms with Gasteiger partial charge in [-0.3, -0.25) is 4.79 Å². The van der Waals surface area contributed by atoms with Crippen molar-refractivity contribution in [3.63, 3.8) is 0 Å². The fourth-order valence-corrected chi connectivity index (χ4v) is 2.39. The molecule has 2 aromatic rings. The van der Waals surface area contributed by atoms with Gasteiger partial charge in [0.1, 0.15) is 5.75 Å². The Morgan fingerprint density at radius 3 is 2.90 bits per heavy atom. The van der Waals surface area contributed by atoms with Crippen LogP contribution >= 0.6 is 11.3 Å². The van der Waals surface area contributed by atoms with Crippen LogP contribution in [0.2, 0.25) is 0 Å². The number of nitrogens with one attached hydrogen (secondary N) is 2. The zero-order chi connectivity index (χ0) is 14.2. The Labute approximate surface area is 122 Å². The van der Waals surface area contributed by atoms with Crippen LogP contribution in [0.5, 0.6) is 5.75 Å². The van der Waals surface area contributed by atoms with E-state index in [-0.39, 0.29) is 12.5 Å². The van der Waals surface area contributed by atoms with Gasteiger partial charge in [-0.2, -0.15) is 0 Å². The number of carbonyl (C=O) groups excluding carboxylic acids is 1. The number of ether oxygens (including phenoxy) is 1. The first-order valence-corrected chi connectivity index (χ1v) is 7.31. The maximum atomic E-state index is 11.7. The fourth-order valence-electron chi connectivity index (χ4n) is 1.75. The van der Waals surface area contributed by atoms with Gasteiger partial charge in [-0.05, 0) is 36.2 Å². The molecule has 0 radical (unpaired) electrons. The quantitative estimate of drug-likeness (QED) is 0.821. The molecule has 1 aromatic carbocycles. The summed E-state index contributed by atoms with van der Waals surface area (Å²) in [4.78, 5) is 12.8. The zero-order valence-electron chi connectivity index (χ0n) is 11.4. The molecule has 106 valence electrons. The summed E-state index contributed by atoms with van der Waals surface area (Å²) in [6.45, 7) is 1.37. The van der Waals surface area contributed by atoms with E-state index in [9.17, 15) is 4.79 Å². The standard InChI is InChI=1S/C15H18N2O2S/c1-16-9-12-4-2-5-13(8-12)19-11-15(18)17-10-14-6-3-7-20-14/h2-8,16H,9-11H2,1H3,(H,17,18). The summed E-state index contributed by atoms with van der Waals surface area (Å²) in [5.74, 6) is 0.599. The molecule has 0 atom stereocenters. The molecule has 0 unspecified atom stereocenters. The molecule has 0 aliphatic rings. The van der Waals surface area contributed by atoms with Crippen molar-refractivity contribution in [2.45, 2.75) is 13.1 Å². The van der Waals surface area contributed by atoms with Crippen LogP contribution in [-0.2, 0) is 17.9 Å². The van der Waals surface area contributed by atoms with Gasteiger partial charge in [0.2, 0.25) is 0 Å². The molecule has 4 nitrogen and oxygen atoms in total. The molecule has 1 aromatic heterocycles. The minimum atomic E-state index is -0.114. The summed E-state index contributed by atoms with van der Waals surface area (Å²) in [6, 6.07) is 11.7. The van der Waals surface area contributed by atoms with Gasteiger partial charge in [-0.15, -0.1) is 11.3 Å². The van der Waals surface area contributed by atoms with E-state index in [1.807, 2.05) is 48.8 Å². The van der Waals surface area contributed by atoms with Gasteiger partial charge in [0.15, 0.2) is 6.61 Å². The number of hydrogen-bond acceptors (Lipinski definition) is 4. The lowest BCUT2D eigenvalue weighted by atomic mass is 10.2. The van der Waals surface area contributed by atoms with Crippen molar-refractivity contribution in [1.29, 1.82) is 0 Å². The highest BCUT2D eigenvalue weighted by Crippen LogP contribution is 2.13. The third kappa shape index (κ3) is 4.68. The number of carbonyl (C=O) groups is 1. The van der Waals surface area contributed by atoms with Crippen LogP contribution in [0, 0.1) is 0 Å². The minimum Gasteiger partial charge on any atom is -0.484 e. The van der Waals surface area contributed by atoms with Gasteiger partial charge in [0.05, 0.1) is 6.54 Å².